The molecule has 110 valence electrons. The fourth-order valence-corrected chi connectivity index (χ4v) is 2.93. The minimum atomic E-state index is -0.517. The second-order valence-corrected chi connectivity index (χ2v) is 5.63. The largest absolute Gasteiger partial charge is 0.306 e. The van der Waals surface area contributed by atoms with Crippen LogP contribution in [-0.4, -0.2) is 28.0 Å². The molecule has 2 N–H and O–H groups in total. The maximum Gasteiger partial charge on any atom is 0.245 e. The van der Waals surface area contributed by atoms with Crippen LogP contribution in [0.3, 0.4) is 0 Å². The average Bonchev–Trinajstić information content (AvgIpc) is 2.98. The number of hydrogen-bond donors (Lipinski definition) is 2. The maximum absolute atomic E-state index is 12.6. The molecule has 21 heavy (non-hydrogen) atoms. The summed E-state index contributed by atoms with van der Waals surface area (Å²) >= 11 is 6.13. The Hall–Kier alpha value is -1.72. The van der Waals surface area contributed by atoms with E-state index in [9.17, 15) is 4.79 Å². The molecule has 1 aliphatic heterocycles. The van der Waals surface area contributed by atoms with Crippen LogP contribution in [0.4, 0.5) is 5.82 Å². The Balaban J connectivity index is 1.90. The summed E-state index contributed by atoms with van der Waals surface area (Å²) in [6, 6.07) is 7.44. The summed E-state index contributed by atoms with van der Waals surface area (Å²) in [6.07, 6.45) is 2.56. The molecule has 0 aliphatic carbocycles. The SMILES string of the molecule is CCC1(C(=O)Nc2nc3ccccc3nc2Cl)CCCN1. The topological polar surface area (TPSA) is 66.9 Å². The van der Waals surface area contributed by atoms with Crippen molar-refractivity contribution in [3.05, 3.63) is 29.4 Å². The minimum Gasteiger partial charge on any atom is -0.306 e. The predicted molar refractivity (Wildman–Crippen MR) is 83.4 cm³/mol. The minimum absolute atomic E-state index is 0.0889. The van der Waals surface area contributed by atoms with Gasteiger partial charge in [0, 0.05) is 0 Å². The van der Waals surface area contributed by atoms with Crippen molar-refractivity contribution >= 4 is 34.4 Å². The third-order valence-electron chi connectivity index (χ3n) is 4.04. The van der Waals surface area contributed by atoms with Crippen LogP contribution in [0, 0.1) is 0 Å². The number of benzene rings is 1. The molecule has 5 nitrogen and oxygen atoms in total. The maximum atomic E-state index is 12.6. The van der Waals surface area contributed by atoms with Crippen molar-refractivity contribution < 1.29 is 4.79 Å². The number of carbonyl (C=O) groups excluding carboxylic acids is 1. The molecule has 1 aliphatic rings. The first-order chi connectivity index (χ1) is 10.1. The summed E-state index contributed by atoms with van der Waals surface area (Å²) in [5.74, 6) is 0.232. The molecule has 0 saturated carbocycles. The lowest BCUT2D eigenvalue weighted by Gasteiger charge is -2.26. The third-order valence-corrected chi connectivity index (χ3v) is 4.31. The smallest absolute Gasteiger partial charge is 0.245 e. The Bertz CT molecular complexity index is 682. The summed E-state index contributed by atoms with van der Waals surface area (Å²) in [4.78, 5) is 21.2. The van der Waals surface area contributed by atoms with Gasteiger partial charge in [0.2, 0.25) is 5.91 Å². The molecule has 1 aromatic heterocycles. The first-order valence-electron chi connectivity index (χ1n) is 7.13. The molecule has 3 rings (SSSR count). The van der Waals surface area contributed by atoms with Crippen LogP contribution in [-0.2, 0) is 4.79 Å². The number of carbonyl (C=O) groups is 1. The molecule has 1 atom stereocenters. The highest BCUT2D eigenvalue weighted by molar-refractivity contribution is 6.32. The number of nitrogens with one attached hydrogen (secondary N) is 2. The van der Waals surface area contributed by atoms with Crippen LogP contribution in [0.15, 0.2) is 24.3 Å². The van der Waals surface area contributed by atoms with Crippen molar-refractivity contribution in [2.45, 2.75) is 31.7 Å². The molecule has 1 fully saturated rings. The van der Waals surface area contributed by atoms with Gasteiger partial charge < -0.3 is 10.6 Å². The second kappa shape index (κ2) is 5.58. The Morgan fingerprint density at radius 3 is 2.71 bits per heavy atom. The number of rotatable bonds is 3. The van der Waals surface area contributed by atoms with E-state index in [2.05, 4.69) is 20.6 Å². The molecule has 1 unspecified atom stereocenters. The number of amides is 1. The van der Waals surface area contributed by atoms with Crippen LogP contribution in [0.5, 0.6) is 0 Å². The van der Waals surface area contributed by atoms with E-state index in [1.165, 1.54) is 0 Å². The van der Waals surface area contributed by atoms with Crippen molar-refractivity contribution in [3.8, 4) is 0 Å². The Morgan fingerprint density at radius 2 is 2.10 bits per heavy atom. The average molecular weight is 305 g/mol. The van der Waals surface area contributed by atoms with E-state index in [0.717, 1.165) is 25.8 Å². The summed E-state index contributed by atoms with van der Waals surface area (Å²) in [6.45, 7) is 2.87. The highest BCUT2D eigenvalue weighted by Crippen LogP contribution is 2.27. The van der Waals surface area contributed by atoms with Crippen LogP contribution in [0.25, 0.3) is 11.0 Å². The molecule has 2 heterocycles. The summed E-state index contributed by atoms with van der Waals surface area (Å²) in [5, 5.41) is 6.34. The molecule has 0 bridgehead atoms. The van der Waals surface area contributed by atoms with Gasteiger partial charge in [-0.3, -0.25) is 4.79 Å². The van der Waals surface area contributed by atoms with Gasteiger partial charge >= 0.3 is 0 Å². The third kappa shape index (κ3) is 2.59. The van der Waals surface area contributed by atoms with Gasteiger partial charge in [-0.2, -0.15) is 0 Å². The van der Waals surface area contributed by atoms with Crippen LogP contribution in [0.2, 0.25) is 5.15 Å². The Kier molecular flexibility index (Phi) is 3.78. The number of fused-ring (bicyclic) bond motifs is 1. The van der Waals surface area contributed by atoms with Crippen LogP contribution >= 0.6 is 11.6 Å². The zero-order valence-electron chi connectivity index (χ0n) is 11.8. The van der Waals surface area contributed by atoms with E-state index in [0.29, 0.717) is 16.9 Å². The van der Waals surface area contributed by atoms with Gasteiger partial charge in [0.25, 0.3) is 0 Å². The van der Waals surface area contributed by atoms with Gasteiger partial charge in [0.15, 0.2) is 11.0 Å². The van der Waals surface area contributed by atoms with E-state index in [-0.39, 0.29) is 11.1 Å². The lowest BCUT2D eigenvalue weighted by molar-refractivity contribution is -0.122. The second-order valence-electron chi connectivity index (χ2n) is 5.27. The number of para-hydroxylation sites is 2. The number of aromatic nitrogens is 2. The van der Waals surface area contributed by atoms with Gasteiger partial charge in [0.05, 0.1) is 16.6 Å². The highest BCUT2D eigenvalue weighted by Gasteiger charge is 2.39. The van der Waals surface area contributed by atoms with E-state index in [1.807, 2.05) is 31.2 Å². The zero-order chi connectivity index (χ0) is 14.9. The summed E-state index contributed by atoms with van der Waals surface area (Å²) in [7, 11) is 0. The molecule has 1 aromatic carbocycles. The highest BCUT2D eigenvalue weighted by atomic mass is 35.5. The van der Waals surface area contributed by atoms with Gasteiger partial charge in [-0.1, -0.05) is 30.7 Å². The van der Waals surface area contributed by atoms with Crippen molar-refractivity contribution in [1.82, 2.24) is 15.3 Å². The van der Waals surface area contributed by atoms with Gasteiger partial charge in [0.1, 0.15) is 0 Å². The number of nitrogens with zero attached hydrogens (tertiary/aromatic N) is 2. The fourth-order valence-electron chi connectivity index (χ4n) is 2.75. The van der Waals surface area contributed by atoms with Crippen molar-refractivity contribution in [3.63, 3.8) is 0 Å². The first-order valence-corrected chi connectivity index (χ1v) is 7.51. The fraction of sp³-hybridized carbons (Fsp3) is 0.400. The van der Waals surface area contributed by atoms with Gasteiger partial charge in [-0.15, -0.1) is 0 Å². The molecule has 1 amide bonds. The Labute approximate surface area is 128 Å². The van der Waals surface area contributed by atoms with Crippen LogP contribution in [0.1, 0.15) is 26.2 Å². The van der Waals surface area contributed by atoms with E-state index < -0.39 is 5.54 Å². The monoisotopic (exact) mass is 304 g/mol. The van der Waals surface area contributed by atoms with Crippen molar-refractivity contribution in [1.29, 1.82) is 0 Å². The summed E-state index contributed by atoms with van der Waals surface area (Å²) in [5.41, 5.74) is 0.906. The lowest BCUT2D eigenvalue weighted by Crippen LogP contribution is -2.50. The predicted octanol–water partition coefficient (Wildman–Crippen LogP) is 2.75. The van der Waals surface area contributed by atoms with Gasteiger partial charge in [-0.25, -0.2) is 9.97 Å². The normalized spacial score (nSPS) is 21.6. The molecular formula is C15H17ClN4O. The molecule has 6 heteroatoms. The van der Waals surface area contributed by atoms with E-state index in [1.54, 1.807) is 0 Å². The van der Waals surface area contributed by atoms with Crippen LogP contribution < -0.4 is 10.6 Å². The molecule has 0 radical (unpaired) electrons. The molecule has 2 aromatic rings. The number of halogens is 1. The van der Waals surface area contributed by atoms with Gasteiger partial charge in [-0.05, 0) is 37.9 Å². The zero-order valence-corrected chi connectivity index (χ0v) is 12.6. The Morgan fingerprint density at radius 1 is 1.38 bits per heavy atom. The quantitative estimate of drug-likeness (QED) is 0.915. The van der Waals surface area contributed by atoms with Crippen molar-refractivity contribution in [2.75, 3.05) is 11.9 Å². The van der Waals surface area contributed by atoms with E-state index >= 15 is 0 Å². The van der Waals surface area contributed by atoms with E-state index in [4.69, 9.17) is 11.6 Å². The molecule has 1 saturated heterocycles. The number of anilines is 1. The number of hydrogen-bond acceptors (Lipinski definition) is 4. The first kappa shape index (κ1) is 14.2. The lowest BCUT2D eigenvalue weighted by atomic mass is 9.93. The summed E-state index contributed by atoms with van der Waals surface area (Å²) < 4.78 is 0. The standard InChI is InChI=1S/C15H17ClN4O/c1-2-15(8-5-9-17-15)14(21)20-13-12(16)18-10-6-3-4-7-11(10)19-13/h3-4,6-7,17H,2,5,8-9H2,1H3,(H,19,20,21). The molecule has 0 spiro atoms. The molecular weight excluding hydrogens is 288 g/mol. The van der Waals surface area contributed by atoms with Crippen molar-refractivity contribution in [2.24, 2.45) is 0 Å².